The van der Waals surface area contributed by atoms with Gasteiger partial charge in [-0.2, -0.15) is 0 Å². The Morgan fingerprint density at radius 2 is 1.30 bits per heavy atom. The third kappa shape index (κ3) is 10.2. The van der Waals surface area contributed by atoms with Gasteiger partial charge in [0.2, 0.25) is 0 Å². The third-order valence-electron chi connectivity index (χ3n) is 7.05. The van der Waals surface area contributed by atoms with Gasteiger partial charge in [0.1, 0.15) is 18.1 Å². The lowest BCUT2D eigenvalue weighted by Gasteiger charge is -2.11. The molecular weight excluding hydrogens is 456 g/mol. The van der Waals surface area contributed by atoms with Crippen molar-refractivity contribution >= 4 is 16.6 Å². The van der Waals surface area contributed by atoms with Crippen LogP contribution < -0.4 is 9.47 Å². The molecule has 0 spiro atoms. The summed E-state index contributed by atoms with van der Waals surface area (Å²) >= 11 is 0. The van der Waals surface area contributed by atoms with Gasteiger partial charge in [0.15, 0.2) is 5.78 Å². The predicted molar refractivity (Wildman–Crippen MR) is 156 cm³/mol. The average molecular weight is 503 g/mol. The Hall–Kier alpha value is -2.81. The van der Waals surface area contributed by atoms with Crippen molar-refractivity contribution in [3.8, 4) is 11.5 Å². The number of hydrogen-bond acceptors (Lipinski definition) is 3. The minimum atomic E-state index is 0.226. The molecule has 37 heavy (non-hydrogen) atoms. The summed E-state index contributed by atoms with van der Waals surface area (Å²) in [5.74, 6) is 2.44. The van der Waals surface area contributed by atoms with Crippen LogP contribution in [-0.4, -0.2) is 12.4 Å². The Labute approximate surface area is 224 Å². The maximum absolute atomic E-state index is 12.5. The molecule has 0 aromatic heterocycles. The third-order valence-corrected chi connectivity index (χ3v) is 7.05. The molecular formula is C34H46O3. The molecule has 0 radical (unpaired) electrons. The fourth-order valence-corrected chi connectivity index (χ4v) is 4.79. The molecule has 0 fully saturated rings. The minimum absolute atomic E-state index is 0.226. The van der Waals surface area contributed by atoms with Gasteiger partial charge in [-0.05, 0) is 52.9 Å². The summed E-state index contributed by atoms with van der Waals surface area (Å²) in [5, 5.41) is 2.29. The fraction of sp³-hybridized carbons (Fsp3) is 0.500. The van der Waals surface area contributed by atoms with Crippen LogP contribution in [0.25, 0.3) is 10.8 Å². The molecule has 3 heteroatoms. The van der Waals surface area contributed by atoms with E-state index in [0.717, 1.165) is 59.3 Å². The van der Waals surface area contributed by atoms with Crippen molar-refractivity contribution in [2.45, 2.75) is 98.0 Å². The Balaban J connectivity index is 1.42. The highest BCUT2D eigenvalue weighted by Gasteiger charge is 2.11. The van der Waals surface area contributed by atoms with E-state index in [4.69, 9.17) is 9.47 Å². The van der Waals surface area contributed by atoms with Crippen molar-refractivity contribution in [3.05, 3.63) is 71.8 Å². The summed E-state index contributed by atoms with van der Waals surface area (Å²) in [5.41, 5.74) is 1.85. The number of ketones is 1. The van der Waals surface area contributed by atoms with Gasteiger partial charge in [-0.3, -0.25) is 4.79 Å². The number of fused-ring (bicyclic) bond motifs is 1. The Bertz CT molecular complexity index is 1070. The molecule has 3 nitrogen and oxygen atoms in total. The van der Waals surface area contributed by atoms with Gasteiger partial charge >= 0.3 is 0 Å². The molecule has 0 aliphatic rings. The average Bonchev–Trinajstić information content (AvgIpc) is 2.91. The summed E-state index contributed by atoms with van der Waals surface area (Å²) in [6.07, 6.45) is 13.3. The monoisotopic (exact) mass is 502 g/mol. The van der Waals surface area contributed by atoms with Crippen LogP contribution in [-0.2, 0) is 6.61 Å². The standard InChI is InChI=1S/C34H46O3/c1-4-6-7-8-9-10-11-12-22-36-32-20-18-31-25-33(21-19-30(31)24-32)37-26-28-14-16-29(17-15-28)34(35)23-27(3)13-5-2/h14-21,24-25,27H,4-13,22-23,26H2,1-3H3/t27-/m1/s1. The first-order chi connectivity index (χ1) is 18.1. The number of carbonyl (C=O) groups is 1. The van der Waals surface area contributed by atoms with E-state index in [1.54, 1.807) is 0 Å². The second-order valence-electron chi connectivity index (χ2n) is 10.5. The van der Waals surface area contributed by atoms with Gasteiger partial charge in [-0.1, -0.05) is 115 Å². The van der Waals surface area contributed by atoms with Gasteiger partial charge in [0, 0.05) is 12.0 Å². The number of ether oxygens (including phenoxy) is 2. The molecule has 200 valence electrons. The number of unbranched alkanes of at least 4 members (excludes halogenated alkanes) is 7. The van der Waals surface area contributed by atoms with Crippen molar-refractivity contribution in [2.75, 3.05) is 6.61 Å². The maximum atomic E-state index is 12.5. The normalized spacial score (nSPS) is 12.0. The van der Waals surface area contributed by atoms with Crippen LogP contribution >= 0.6 is 0 Å². The topological polar surface area (TPSA) is 35.5 Å². The first-order valence-electron chi connectivity index (χ1n) is 14.5. The van der Waals surface area contributed by atoms with Gasteiger partial charge in [0.05, 0.1) is 6.61 Å². The quantitative estimate of drug-likeness (QED) is 0.128. The van der Waals surface area contributed by atoms with Gasteiger partial charge in [-0.15, -0.1) is 0 Å². The minimum Gasteiger partial charge on any atom is -0.494 e. The zero-order valence-corrected chi connectivity index (χ0v) is 23.3. The van der Waals surface area contributed by atoms with Crippen molar-refractivity contribution < 1.29 is 14.3 Å². The lowest BCUT2D eigenvalue weighted by Crippen LogP contribution is -2.06. The molecule has 0 saturated carbocycles. The zero-order valence-electron chi connectivity index (χ0n) is 23.3. The van der Waals surface area contributed by atoms with Crippen molar-refractivity contribution in [1.29, 1.82) is 0 Å². The van der Waals surface area contributed by atoms with Crippen molar-refractivity contribution in [3.63, 3.8) is 0 Å². The van der Waals surface area contributed by atoms with Crippen LogP contribution in [0.15, 0.2) is 60.7 Å². The van der Waals surface area contributed by atoms with E-state index < -0.39 is 0 Å². The molecule has 0 aliphatic heterocycles. The van der Waals surface area contributed by atoms with Crippen LogP contribution in [0.5, 0.6) is 11.5 Å². The zero-order chi connectivity index (χ0) is 26.3. The molecule has 3 aromatic rings. The highest BCUT2D eigenvalue weighted by Crippen LogP contribution is 2.26. The maximum Gasteiger partial charge on any atom is 0.163 e. The number of hydrogen-bond donors (Lipinski definition) is 0. The molecule has 0 aliphatic carbocycles. The largest absolute Gasteiger partial charge is 0.494 e. The Morgan fingerprint density at radius 3 is 1.92 bits per heavy atom. The number of rotatable bonds is 18. The summed E-state index contributed by atoms with van der Waals surface area (Å²) in [4.78, 5) is 12.5. The first-order valence-corrected chi connectivity index (χ1v) is 14.5. The lowest BCUT2D eigenvalue weighted by molar-refractivity contribution is 0.0962. The molecule has 0 N–H and O–H groups in total. The second-order valence-corrected chi connectivity index (χ2v) is 10.5. The highest BCUT2D eigenvalue weighted by atomic mass is 16.5. The Kier molecular flexibility index (Phi) is 12.5. The predicted octanol–water partition coefficient (Wildman–Crippen LogP) is 9.95. The number of carbonyl (C=O) groups excluding carboxylic acids is 1. The summed E-state index contributed by atoms with van der Waals surface area (Å²) in [7, 11) is 0. The SMILES string of the molecule is CCCCCCCCCCOc1ccc2cc(OCc3ccc(C(=O)C[C@H](C)CCC)cc3)ccc2c1. The van der Waals surface area contributed by atoms with Crippen LogP contribution in [0.4, 0.5) is 0 Å². The highest BCUT2D eigenvalue weighted by molar-refractivity contribution is 5.96. The summed E-state index contributed by atoms with van der Waals surface area (Å²) in [6, 6.07) is 20.3. The van der Waals surface area contributed by atoms with E-state index in [9.17, 15) is 4.79 Å². The molecule has 0 amide bonds. The van der Waals surface area contributed by atoms with Gasteiger partial charge in [-0.25, -0.2) is 0 Å². The second kappa shape index (κ2) is 16.1. The molecule has 3 aromatic carbocycles. The van der Waals surface area contributed by atoms with Gasteiger partial charge in [0.25, 0.3) is 0 Å². The van der Waals surface area contributed by atoms with Crippen molar-refractivity contribution in [1.82, 2.24) is 0 Å². The lowest BCUT2D eigenvalue weighted by atomic mass is 9.96. The number of Topliss-reactive ketones (excluding diaryl/α,β-unsaturated/α-hetero) is 1. The van der Waals surface area contributed by atoms with E-state index in [-0.39, 0.29) is 5.78 Å². The van der Waals surface area contributed by atoms with Crippen LogP contribution in [0, 0.1) is 5.92 Å². The first kappa shape index (κ1) is 28.8. The van der Waals surface area contributed by atoms with Crippen LogP contribution in [0.3, 0.4) is 0 Å². The van der Waals surface area contributed by atoms with Crippen LogP contribution in [0.1, 0.15) is 107 Å². The van der Waals surface area contributed by atoms with E-state index in [1.165, 1.54) is 44.9 Å². The molecule has 0 heterocycles. The van der Waals surface area contributed by atoms with E-state index >= 15 is 0 Å². The molecule has 0 bridgehead atoms. The molecule has 0 unspecified atom stereocenters. The van der Waals surface area contributed by atoms with Gasteiger partial charge < -0.3 is 9.47 Å². The molecule has 3 rings (SSSR count). The summed E-state index contributed by atoms with van der Waals surface area (Å²) < 4.78 is 12.0. The fourth-order valence-electron chi connectivity index (χ4n) is 4.79. The summed E-state index contributed by atoms with van der Waals surface area (Å²) in [6.45, 7) is 7.84. The van der Waals surface area contributed by atoms with E-state index in [0.29, 0.717) is 18.9 Å². The number of benzene rings is 3. The van der Waals surface area contributed by atoms with E-state index in [1.807, 2.05) is 36.4 Å². The van der Waals surface area contributed by atoms with Crippen LogP contribution in [0.2, 0.25) is 0 Å². The Morgan fingerprint density at radius 1 is 0.703 bits per heavy atom. The molecule has 0 saturated heterocycles. The van der Waals surface area contributed by atoms with E-state index in [2.05, 4.69) is 45.0 Å². The van der Waals surface area contributed by atoms with Crippen molar-refractivity contribution in [2.24, 2.45) is 5.92 Å². The molecule has 1 atom stereocenters. The smallest absolute Gasteiger partial charge is 0.163 e.